The van der Waals surface area contributed by atoms with Crippen LogP contribution >= 0.6 is 0 Å². The van der Waals surface area contributed by atoms with Crippen LogP contribution in [0.2, 0.25) is 0 Å². The van der Waals surface area contributed by atoms with E-state index in [0.29, 0.717) is 12.2 Å². The summed E-state index contributed by atoms with van der Waals surface area (Å²) in [4.78, 5) is 19.8. The highest BCUT2D eigenvalue weighted by Gasteiger charge is 2.36. The molecule has 2 heterocycles. The van der Waals surface area contributed by atoms with Crippen LogP contribution in [-0.2, 0) is 10.3 Å². The Morgan fingerprint density at radius 3 is 2.95 bits per heavy atom. The van der Waals surface area contributed by atoms with E-state index in [4.69, 9.17) is 10.6 Å². The number of rotatable bonds is 2. The molecular formula is C14H15N3O2. The third-order valence-electron chi connectivity index (χ3n) is 3.92. The number of nitrogens with two attached hydrogens (primary N) is 1. The first kappa shape index (κ1) is 11.8. The number of hydrogen-bond donors (Lipinski definition) is 2. The van der Waals surface area contributed by atoms with Crippen molar-refractivity contribution >= 4 is 22.5 Å². The van der Waals surface area contributed by atoms with Gasteiger partial charge in [0.15, 0.2) is 0 Å². The van der Waals surface area contributed by atoms with Gasteiger partial charge in [0, 0.05) is 11.6 Å². The van der Waals surface area contributed by atoms with Gasteiger partial charge in [-0.2, -0.15) is 0 Å². The molecule has 0 saturated heterocycles. The molecule has 5 heteroatoms. The molecule has 3 N–H and O–H groups in total. The molecule has 19 heavy (non-hydrogen) atoms. The van der Waals surface area contributed by atoms with Gasteiger partial charge >= 0.3 is 0 Å². The summed E-state index contributed by atoms with van der Waals surface area (Å²) in [5.74, 6) is -0.439. The summed E-state index contributed by atoms with van der Waals surface area (Å²) in [6.07, 6.45) is 1.80. The van der Waals surface area contributed by atoms with Crippen molar-refractivity contribution in [3.05, 3.63) is 35.5 Å². The van der Waals surface area contributed by atoms with Crippen LogP contribution < -0.4 is 5.73 Å². The second-order valence-electron chi connectivity index (χ2n) is 5.11. The van der Waals surface area contributed by atoms with Crippen LogP contribution in [0.1, 0.15) is 29.8 Å². The molecule has 0 radical (unpaired) electrons. The average molecular weight is 257 g/mol. The van der Waals surface area contributed by atoms with E-state index in [1.54, 1.807) is 6.20 Å². The Labute approximate surface area is 110 Å². The van der Waals surface area contributed by atoms with E-state index in [9.17, 15) is 4.79 Å². The van der Waals surface area contributed by atoms with Crippen molar-refractivity contribution in [3.63, 3.8) is 0 Å². The Balaban J connectivity index is 2.25. The maximum atomic E-state index is 11.6. The molecule has 2 aromatic rings. The van der Waals surface area contributed by atoms with Crippen molar-refractivity contribution in [2.75, 3.05) is 6.61 Å². The molecule has 1 aliphatic heterocycles. The highest BCUT2D eigenvalue weighted by atomic mass is 16.6. The lowest BCUT2D eigenvalue weighted by molar-refractivity contribution is 0.100. The lowest BCUT2D eigenvalue weighted by Crippen LogP contribution is -2.31. The number of hydrogen-bond acceptors (Lipinski definition) is 3. The number of carbonyl (C=O) groups excluding carboxylic acids is 1. The first-order valence-electron chi connectivity index (χ1n) is 6.11. The highest BCUT2D eigenvalue weighted by molar-refractivity contribution is 6.06. The maximum Gasteiger partial charge on any atom is 0.250 e. The summed E-state index contributed by atoms with van der Waals surface area (Å²) in [6, 6.07) is 5.80. The molecule has 1 aromatic carbocycles. The van der Waals surface area contributed by atoms with Crippen molar-refractivity contribution in [2.24, 2.45) is 10.9 Å². The number of carbonyl (C=O) groups is 1. The molecule has 1 amide bonds. The fourth-order valence-corrected chi connectivity index (χ4v) is 2.44. The molecule has 0 fully saturated rings. The SMILES string of the molecule is CC1=NOCC1(C)c1cc(C(N)=O)c2[nH]ccc2c1. The smallest absolute Gasteiger partial charge is 0.250 e. The molecule has 1 aliphatic rings. The van der Waals surface area contributed by atoms with Gasteiger partial charge in [0.1, 0.15) is 6.61 Å². The maximum absolute atomic E-state index is 11.6. The second-order valence-corrected chi connectivity index (χ2v) is 5.11. The summed E-state index contributed by atoms with van der Waals surface area (Å²) < 4.78 is 0. The minimum Gasteiger partial charge on any atom is -0.394 e. The summed E-state index contributed by atoms with van der Waals surface area (Å²) >= 11 is 0. The summed E-state index contributed by atoms with van der Waals surface area (Å²) in [7, 11) is 0. The highest BCUT2D eigenvalue weighted by Crippen LogP contribution is 2.33. The Bertz CT molecular complexity index is 702. The Hall–Kier alpha value is -2.30. The molecule has 1 atom stereocenters. The summed E-state index contributed by atoms with van der Waals surface area (Å²) in [6.45, 7) is 4.46. The largest absolute Gasteiger partial charge is 0.394 e. The molecule has 0 aliphatic carbocycles. The quantitative estimate of drug-likeness (QED) is 0.862. The monoisotopic (exact) mass is 257 g/mol. The Morgan fingerprint density at radius 2 is 2.32 bits per heavy atom. The van der Waals surface area contributed by atoms with Gasteiger partial charge in [-0.1, -0.05) is 5.16 Å². The van der Waals surface area contributed by atoms with E-state index in [1.807, 2.05) is 25.1 Å². The molecule has 0 bridgehead atoms. The van der Waals surface area contributed by atoms with Gasteiger partial charge in [-0.25, -0.2) is 0 Å². The number of primary amides is 1. The van der Waals surface area contributed by atoms with Crippen LogP contribution in [0.25, 0.3) is 10.9 Å². The Morgan fingerprint density at radius 1 is 1.53 bits per heavy atom. The van der Waals surface area contributed by atoms with Crippen LogP contribution in [0, 0.1) is 0 Å². The lowest BCUT2D eigenvalue weighted by atomic mass is 9.79. The number of nitrogens with zero attached hydrogens (tertiary/aromatic N) is 1. The minimum atomic E-state index is -0.439. The molecule has 98 valence electrons. The number of H-pyrrole nitrogens is 1. The van der Waals surface area contributed by atoms with E-state index < -0.39 is 5.91 Å². The number of aromatic nitrogens is 1. The zero-order valence-electron chi connectivity index (χ0n) is 10.9. The lowest BCUT2D eigenvalue weighted by Gasteiger charge is -2.23. The number of amides is 1. The number of benzene rings is 1. The van der Waals surface area contributed by atoms with Crippen molar-refractivity contribution in [1.82, 2.24) is 4.98 Å². The minimum absolute atomic E-state index is 0.310. The van der Waals surface area contributed by atoms with Crippen molar-refractivity contribution in [2.45, 2.75) is 19.3 Å². The third kappa shape index (κ3) is 1.62. The summed E-state index contributed by atoms with van der Waals surface area (Å²) in [5, 5.41) is 4.97. The van der Waals surface area contributed by atoms with Gasteiger partial charge < -0.3 is 15.6 Å². The number of oxime groups is 1. The van der Waals surface area contributed by atoms with Crippen molar-refractivity contribution in [3.8, 4) is 0 Å². The molecular weight excluding hydrogens is 242 g/mol. The first-order chi connectivity index (χ1) is 9.02. The molecule has 0 saturated carbocycles. The van der Waals surface area contributed by atoms with Gasteiger partial charge in [-0.15, -0.1) is 0 Å². The topological polar surface area (TPSA) is 80.5 Å². The normalized spacial score (nSPS) is 22.3. The molecule has 1 aromatic heterocycles. The fraction of sp³-hybridized carbons (Fsp3) is 0.286. The van der Waals surface area contributed by atoms with E-state index >= 15 is 0 Å². The van der Waals surface area contributed by atoms with Gasteiger partial charge in [-0.3, -0.25) is 4.79 Å². The number of aromatic amines is 1. The summed E-state index contributed by atoms with van der Waals surface area (Å²) in [5.41, 5.74) is 8.32. The van der Waals surface area contributed by atoms with Crippen LogP contribution in [-0.4, -0.2) is 23.2 Å². The zero-order valence-corrected chi connectivity index (χ0v) is 10.9. The predicted octanol–water partition coefficient (Wildman–Crippen LogP) is 1.93. The molecule has 5 nitrogen and oxygen atoms in total. The third-order valence-corrected chi connectivity index (χ3v) is 3.92. The average Bonchev–Trinajstić information content (AvgIpc) is 2.96. The van der Waals surface area contributed by atoms with E-state index in [2.05, 4.69) is 17.1 Å². The van der Waals surface area contributed by atoms with Gasteiger partial charge in [0.2, 0.25) is 0 Å². The Kier molecular flexibility index (Phi) is 2.38. The predicted molar refractivity (Wildman–Crippen MR) is 73.2 cm³/mol. The molecule has 3 rings (SSSR count). The molecule has 0 spiro atoms. The van der Waals surface area contributed by atoms with Crippen LogP contribution in [0.4, 0.5) is 0 Å². The van der Waals surface area contributed by atoms with Crippen LogP contribution in [0.3, 0.4) is 0 Å². The van der Waals surface area contributed by atoms with E-state index in [0.717, 1.165) is 22.2 Å². The van der Waals surface area contributed by atoms with E-state index in [-0.39, 0.29) is 5.41 Å². The van der Waals surface area contributed by atoms with Crippen molar-refractivity contribution in [1.29, 1.82) is 0 Å². The second kappa shape index (κ2) is 3.85. The van der Waals surface area contributed by atoms with Crippen LogP contribution in [0.15, 0.2) is 29.6 Å². The van der Waals surface area contributed by atoms with Gasteiger partial charge in [-0.05, 0) is 37.6 Å². The fourth-order valence-electron chi connectivity index (χ4n) is 2.44. The standard InChI is InChI=1S/C14H15N3O2/c1-8-14(2,7-19-17-8)10-5-9-3-4-16-12(9)11(6-10)13(15)18/h3-6,16H,7H2,1-2H3,(H2,15,18). The number of nitrogens with one attached hydrogen (secondary N) is 1. The zero-order chi connectivity index (χ0) is 13.6. The van der Waals surface area contributed by atoms with Gasteiger partial charge in [0.25, 0.3) is 5.91 Å². The number of fused-ring (bicyclic) bond motifs is 1. The first-order valence-corrected chi connectivity index (χ1v) is 6.11. The van der Waals surface area contributed by atoms with Crippen molar-refractivity contribution < 1.29 is 9.63 Å². The molecule has 1 unspecified atom stereocenters. The van der Waals surface area contributed by atoms with E-state index in [1.165, 1.54) is 0 Å². The van der Waals surface area contributed by atoms with Gasteiger partial charge in [0.05, 0.1) is 22.2 Å². The van der Waals surface area contributed by atoms with Crippen LogP contribution in [0.5, 0.6) is 0 Å².